The highest BCUT2D eigenvalue weighted by Gasteiger charge is 2.07. The first-order chi connectivity index (χ1) is 13.2. The molecule has 144 valence electrons. The van der Waals surface area contributed by atoms with Crippen LogP contribution in [-0.4, -0.2) is 31.7 Å². The fourth-order valence-electron chi connectivity index (χ4n) is 2.33. The van der Waals surface area contributed by atoms with Crippen LogP contribution in [0.2, 0.25) is 0 Å². The van der Waals surface area contributed by atoms with E-state index in [0.717, 1.165) is 31.6 Å². The first-order valence-electron chi connectivity index (χ1n) is 9.28. The van der Waals surface area contributed by atoms with Crippen molar-refractivity contribution in [3.63, 3.8) is 0 Å². The topological polar surface area (TPSA) is 79.5 Å². The van der Waals surface area contributed by atoms with E-state index in [0.29, 0.717) is 24.4 Å². The highest BCUT2D eigenvalue weighted by molar-refractivity contribution is 6.04. The molecule has 0 saturated heterocycles. The molecular weight excluding hydrogens is 342 g/mol. The van der Waals surface area contributed by atoms with Gasteiger partial charge in [-0.1, -0.05) is 31.5 Å². The number of carbonyl (C=O) groups is 2. The van der Waals surface area contributed by atoms with Crippen molar-refractivity contribution in [3.8, 4) is 0 Å². The molecule has 0 fully saturated rings. The summed E-state index contributed by atoms with van der Waals surface area (Å²) >= 11 is 0. The van der Waals surface area contributed by atoms with Crippen molar-refractivity contribution in [1.29, 1.82) is 0 Å². The van der Waals surface area contributed by atoms with Crippen LogP contribution in [0, 0.1) is 0 Å². The Kier molecular flexibility index (Phi) is 8.86. The van der Waals surface area contributed by atoms with E-state index in [1.54, 1.807) is 24.3 Å². The Morgan fingerprint density at radius 1 is 0.852 bits per heavy atom. The van der Waals surface area contributed by atoms with E-state index in [4.69, 9.17) is 4.74 Å². The third-order valence-electron chi connectivity index (χ3n) is 3.83. The lowest BCUT2D eigenvalue weighted by atomic mass is 10.2. The van der Waals surface area contributed by atoms with E-state index < -0.39 is 0 Å². The average molecular weight is 369 g/mol. The normalized spacial score (nSPS) is 10.3. The molecule has 0 aliphatic rings. The Balaban J connectivity index is 1.70. The van der Waals surface area contributed by atoms with Crippen molar-refractivity contribution >= 4 is 23.3 Å². The van der Waals surface area contributed by atoms with E-state index >= 15 is 0 Å². The molecule has 0 radical (unpaired) electrons. The molecule has 6 heteroatoms. The first kappa shape index (κ1) is 20.5. The van der Waals surface area contributed by atoms with Crippen molar-refractivity contribution in [2.45, 2.75) is 26.2 Å². The summed E-state index contributed by atoms with van der Waals surface area (Å²) in [6, 6.07) is 15.7. The Bertz CT molecular complexity index is 702. The second kappa shape index (κ2) is 11.7. The number of rotatable bonds is 10. The van der Waals surface area contributed by atoms with Crippen LogP contribution in [0.4, 0.5) is 16.2 Å². The predicted octanol–water partition coefficient (Wildman–Crippen LogP) is 4.27. The number of amides is 3. The summed E-state index contributed by atoms with van der Waals surface area (Å²) in [6.45, 7) is 4.09. The molecule has 0 aromatic heterocycles. The zero-order valence-electron chi connectivity index (χ0n) is 15.7. The second-order valence-corrected chi connectivity index (χ2v) is 6.10. The molecule has 0 bridgehead atoms. The molecule has 0 spiro atoms. The van der Waals surface area contributed by atoms with Crippen molar-refractivity contribution in [3.05, 3.63) is 60.2 Å². The van der Waals surface area contributed by atoms with Crippen LogP contribution in [0.25, 0.3) is 0 Å². The number of para-hydroxylation sites is 1. The summed E-state index contributed by atoms with van der Waals surface area (Å²) in [5.41, 5.74) is 1.89. The summed E-state index contributed by atoms with van der Waals surface area (Å²) in [6.07, 6.45) is 2.95. The van der Waals surface area contributed by atoms with Crippen LogP contribution >= 0.6 is 0 Å². The smallest absolute Gasteiger partial charge is 0.319 e. The number of benzene rings is 2. The number of urea groups is 1. The van der Waals surface area contributed by atoms with E-state index in [-0.39, 0.29) is 11.9 Å². The van der Waals surface area contributed by atoms with Crippen molar-refractivity contribution in [2.24, 2.45) is 0 Å². The second-order valence-electron chi connectivity index (χ2n) is 6.10. The van der Waals surface area contributed by atoms with Crippen LogP contribution in [0.5, 0.6) is 0 Å². The maximum atomic E-state index is 12.2. The largest absolute Gasteiger partial charge is 0.381 e. The molecule has 2 rings (SSSR count). The molecule has 3 N–H and O–H groups in total. The molecule has 27 heavy (non-hydrogen) atoms. The van der Waals surface area contributed by atoms with Gasteiger partial charge in [0.25, 0.3) is 5.91 Å². The number of nitrogens with one attached hydrogen (secondary N) is 3. The molecule has 0 aliphatic heterocycles. The summed E-state index contributed by atoms with van der Waals surface area (Å²) < 4.78 is 5.44. The molecule has 6 nitrogen and oxygen atoms in total. The van der Waals surface area contributed by atoms with Gasteiger partial charge in [0.1, 0.15) is 0 Å². The van der Waals surface area contributed by atoms with Gasteiger partial charge in [-0.3, -0.25) is 4.79 Å². The zero-order valence-corrected chi connectivity index (χ0v) is 15.7. The third kappa shape index (κ3) is 7.92. The fraction of sp³-hybridized carbons (Fsp3) is 0.333. The molecule has 3 amide bonds. The monoisotopic (exact) mass is 369 g/mol. The van der Waals surface area contributed by atoms with E-state index in [2.05, 4.69) is 22.9 Å². The summed E-state index contributed by atoms with van der Waals surface area (Å²) in [7, 11) is 0. The minimum absolute atomic E-state index is 0.194. The SMILES string of the molecule is CCCCOCCCNC(=O)Nc1ccc(C(=O)Nc2ccccc2)cc1. The Labute approximate surface area is 160 Å². The molecule has 2 aromatic rings. The van der Waals surface area contributed by atoms with Crippen LogP contribution in [0.1, 0.15) is 36.5 Å². The first-order valence-corrected chi connectivity index (χ1v) is 9.28. The van der Waals surface area contributed by atoms with Gasteiger partial charge in [-0.25, -0.2) is 4.79 Å². The molecule has 0 atom stereocenters. The fourth-order valence-corrected chi connectivity index (χ4v) is 2.33. The summed E-state index contributed by atoms with van der Waals surface area (Å²) in [5, 5.41) is 8.35. The van der Waals surface area contributed by atoms with E-state index in [1.807, 2.05) is 30.3 Å². The van der Waals surface area contributed by atoms with Crippen LogP contribution in [-0.2, 0) is 4.74 Å². The molecule has 0 heterocycles. The van der Waals surface area contributed by atoms with Gasteiger partial charge in [0.2, 0.25) is 0 Å². The van der Waals surface area contributed by atoms with Crippen LogP contribution < -0.4 is 16.0 Å². The van der Waals surface area contributed by atoms with Gasteiger partial charge in [-0.2, -0.15) is 0 Å². The van der Waals surface area contributed by atoms with Gasteiger partial charge >= 0.3 is 6.03 Å². The quantitative estimate of drug-likeness (QED) is 0.547. The van der Waals surface area contributed by atoms with Gasteiger partial charge in [-0.05, 0) is 49.2 Å². The summed E-state index contributed by atoms with van der Waals surface area (Å²) in [5.74, 6) is -0.194. The molecule has 0 saturated carbocycles. The minimum Gasteiger partial charge on any atom is -0.381 e. The number of unbranched alkanes of at least 4 members (excludes halogenated alkanes) is 1. The predicted molar refractivity (Wildman–Crippen MR) is 108 cm³/mol. The lowest BCUT2D eigenvalue weighted by Crippen LogP contribution is -2.30. The number of anilines is 2. The van der Waals surface area contributed by atoms with Gasteiger partial charge in [0.05, 0.1) is 0 Å². The Morgan fingerprint density at radius 3 is 2.22 bits per heavy atom. The van der Waals surface area contributed by atoms with E-state index in [1.165, 1.54) is 0 Å². The van der Waals surface area contributed by atoms with Crippen LogP contribution in [0.15, 0.2) is 54.6 Å². The highest BCUT2D eigenvalue weighted by Crippen LogP contribution is 2.12. The summed E-state index contributed by atoms with van der Waals surface area (Å²) in [4.78, 5) is 24.1. The zero-order chi connectivity index (χ0) is 19.3. The lowest BCUT2D eigenvalue weighted by molar-refractivity contribution is 0.102. The van der Waals surface area contributed by atoms with Crippen molar-refractivity contribution < 1.29 is 14.3 Å². The number of carbonyl (C=O) groups excluding carboxylic acids is 2. The lowest BCUT2D eigenvalue weighted by Gasteiger charge is -2.09. The highest BCUT2D eigenvalue weighted by atomic mass is 16.5. The van der Waals surface area contributed by atoms with Crippen molar-refractivity contribution in [1.82, 2.24) is 5.32 Å². The number of hydrogen-bond acceptors (Lipinski definition) is 3. The third-order valence-corrected chi connectivity index (χ3v) is 3.83. The number of hydrogen-bond donors (Lipinski definition) is 3. The van der Waals surface area contributed by atoms with E-state index in [9.17, 15) is 9.59 Å². The van der Waals surface area contributed by atoms with Gasteiger partial charge < -0.3 is 20.7 Å². The standard InChI is InChI=1S/C21H27N3O3/c1-2-3-15-27-16-7-14-22-21(26)24-19-12-10-17(11-13-19)20(25)23-18-8-5-4-6-9-18/h4-6,8-13H,2-3,7,14-16H2,1H3,(H,23,25)(H2,22,24,26). The minimum atomic E-state index is -0.273. The molecule has 2 aromatic carbocycles. The Morgan fingerprint density at radius 2 is 1.52 bits per heavy atom. The number of ether oxygens (including phenoxy) is 1. The molecular formula is C21H27N3O3. The van der Waals surface area contributed by atoms with Gasteiger partial charge in [0.15, 0.2) is 0 Å². The van der Waals surface area contributed by atoms with Crippen molar-refractivity contribution in [2.75, 3.05) is 30.4 Å². The molecule has 0 aliphatic carbocycles. The maximum absolute atomic E-state index is 12.2. The maximum Gasteiger partial charge on any atom is 0.319 e. The average Bonchev–Trinajstić information content (AvgIpc) is 2.68. The molecule has 0 unspecified atom stereocenters. The van der Waals surface area contributed by atoms with Gasteiger partial charge in [0, 0.05) is 36.7 Å². The van der Waals surface area contributed by atoms with Crippen LogP contribution in [0.3, 0.4) is 0 Å². The van der Waals surface area contributed by atoms with Gasteiger partial charge in [-0.15, -0.1) is 0 Å². The Hall–Kier alpha value is -2.86.